The monoisotopic (exact) mass is 326 g/mol. The molecule has 1 heterocycles. The molecule has 0 saturated heterocycles. The van der Waals surface area contributed by atoms with Crippen LogP contribution in [0.5, 0.6) is 0 Å². The lowest BCUT2D eigenvalue weighted by atomic mass is 10.1. The van der Waals surface area contributed by atoms with Gasteiger partial charge in [0, 0.05) is 10.6 Å². The zero-order valence-electron chi connectivity index (χ0n) is 12.2. The first kappa shape index (κ1) is 15.3. The molecule has 0 radical (unpaired) electrons. The Hall–Kier alpha value is -2.63. The van der Waals surface area contributed by atoms with Crippen LogP contribution in [0.15, 0.2) is 60.7 Å². The number of amides is 1. The van der Waals surface area contributed by atoms with Crippen LogP contribution in [-0.4, -0.2) is 15.7 Å². The predicted molar refractivity (Wildman–Crippen MR) is 89.9 cm³/mol. The highest BCUT2D eigenvalue weighted by molar-refractivity contribution is 6.30. The van der Waals surface area contributed by atoms with Crippen LogP contribution >= 0.6 is 11.6 Å². The van der Waals surface area contributed by atoms with Crippen LogP contribution in [0.2, 0.25) is 5.02 Å². The van der Waals surface area contributed by atoms with Crippen molar-refractivity contribution in [2.75, 3.05) is 0 Å². The number of benzene rings is 2. The second-order valence-corrected chi connectivity index (χ2v) is 5.47. The molecule has 6 heteroatoms. The zero-order valence-corrected chi connectivity index (χ0v) is 13.0. The third-order valence-corrected chi connectivity index (χ3v) is 3.71. The Labute approximate surface area is 138 Å². The van der Waals surface area contributed by atoms with Crippen molar-refractivity contribution in [3.8, 4) is 11.3 Å². The van der Waals surface area contributed by atoms with Gasteiger partial charge in [0.2, 0.25) is 0 Å². The number of carbonyl (C=O) groups excluding carboxylic acids is 1. The topological polar surface area (TPSA) is 72.9 Å². The van der Waals surface area contributed by atoms with Crippen molar-refractivity contribution < 1.29 is 4.79 Å². The summed E-state index contributed by atoms with van der Waals surface area (Å²) < 4.78 is 1.64. The van der Waals surface area contributed by atoms with Gasteiger partial charge in [-0.3, -0.25) is 14.9 Å². The van der Waals surface area contributed by atoms with E-state index in [1.807, 2.05) is 42.5 Å². The van der Waals surface area contributed by atoms with Gasteiger partial charge < -0.3 is 0 Å². The normalized spacial score (nSPS) is 10.5. The summed E-state index contributed by atoms with van der Waals surface area (Å²) in [4.78, 5) is 12.0. The van der Waals surface area contributed by atoms with E-state index >= 15 is 0 Å². The second kappa shape index (κ2) is 6.64. The molecule has 2 aromatic carbocycles. The van der Waals surface area contributed by atoms with Crippen molar-refractivity contribution in [1.29, 1.82) is 0 Å². The minimum Gasteiger partial charge on any atom is -0.289 e. The maximum absolute atomic E-state index is 12.0. The van der Waals surface area contributed by atoms with Crippen LogP contribution in [0.1, 0.15) is 16.1 Å². The van der Waals surface area contributed by atoms with Gasteiger partial charge in [0.15, 0.2) is 0 Å². The Morgan fingerprint density at radius 3 is 2.48 bits per heavy atom. The van der Waals surface area contributed by atoms with E-state index in [4.69, 9.17) is 17.4 Å². The lowest BCUT2D eigenvalue weighted by molar-refractivity contribution is 0.0943. The van der Waals surface area contributed by atoms with Crippen molar-refractivity contribution in [1.82, 2.24) is 15.2 Å². The fraction of sp³-hybridized carbons (Fsp3) is 0.0588. The third kappa shape index (κ3) is 3.41. The molecule has 3 aromatic rings. The lowest BCUT2D eigenvalue weighted by Gasteiger charge is -2.06. The molecule has 116 valence electrons. The summed E-state index contributed by atoms with van der Waals surface area (Å²) >= 11 is 5.91. The molecule has 1 aromatic heterocycles. The van der Waals surface area contributed by atoms with E-state index in [0.29, 0.717) is 23.0 Å². The van der Waals surface area contributed by atoms with Crippen molar-refractivity contribution in [3.63, 3.8) is 0 Å². The first-order valence-corrected chi connectivity index (χ1v) is 7.44. The molecule has 5 nitrogen and oxygen atoms in total. The summed E-state index contributed by atoms with van der Waals surface area (Å²) in [6.07, 6.45) is 0. The molecule has 0 spiro atoms. The molecular formula is C17H15ClN4O. The number of nitrogen functional groups attached to an aromatic ring is 1. The average molecular weight is 327 g/mol. The Balaban J connectivity index is 2.00. The summed E-state index contributed by atoms with van der Waals surface area (Å²) in [5, 5.41) is 5.18. The van der Waals surface area contributed by atoms with Crippen LogP contribution in [0, 0.1) is 0 Å². The van der Waals surface area contributed by atoms with E-state index in [1.165, 1.54) is 0 Å². The molecular weight excluding hydrogens is 312 g/mol. The number of nitrogens with zero attached hydrogens (tertiary/aromatic N) is 2. The van der Waals surface area contributed by atoms with Crippen molar-refractivity contribution in [2.24, 2.45) is 5.84 Å². The maximum atomic E-state index is 12.0. The van der Waals surface area contributed by atoms with Crippen LogP contribution in [0.3, 0.4) is 0 Å². The minimum atomic E-state index is -0.381. The number of carbonyl (C=O) groups is 1. The number of nitrogens with one attached hydrogen (secondary N) is 1. The van der Waals surface area contributed by atoms with Gasteiger partial charge in [0.05, 0.1) is 12.2 Å². The molecule has 1 amide bonds. The van der Waals surface area contributed by atoms with Gasteiger partial charge in [-0.25, -0.2) is 5.84 Å². The quantitative estimate of drug-likeness (QED) is 0.440. The Morgan fingerprint density at radius 2 is 1.83 bits per heavy atom. The van der Waals surface area contributed by atoms with Gasteiger partial charge in [-0.2, -0.15) is 5.10 Å². The number of aromatic nitrogens is 2. The Bertz CT molecular complexity index is 812. The number of halogens is 1. The molecule has 3 rings (SSSR count). The van der Waals surface area contributed by atoms with Gasteiger partial charge in [-0.15, -0.1) is 0 Å². The van der Waals surface area contributed by atoms with E-state index in [-0.39, 0.29) is 5.91 Å². The van der Waals surface area contributed by atoms with E-state index in [1.54, 1.807) is 22.9 Å². The molecule has 3 N–H and O–H groups in total. The van der Waals surface area contributed by atoms with Gasteiger partial charge >= 0.3 is 0 Å². The van der Waals surface area contributed by atoms with Gasteiger partial charge in [0.25, 0.3) is 5.91 Å². The highest BCUT2D eigenvalue weighted by atomic mass is 35.5. The fourth-order valence-electron chi connectivity index (χ4n) is 2.31. The standard InChI is InChI=1S/C17H15ClN4O/c18-14-8-6-13(7-9-14)15-10-16(17(23)20-19)22(21-15)11-12-4-2-1-3-5-12/h1-10H,11,19H2,(H,20,23). The molecule has 0 aliphatic carbocycles. The number of hydrogen-bond acceptors (Lipinski definition) is 3. The molecule has 0 bridgehead atoms. The Kier molecular flexibility index (Phi) is 4.41. The van der Waals surface area contributed by atoms with Crippen LogP contribution in [-0.2, 0) is 6.54 Å². The Morgan fingerprint density at radius 1 is 1.13 bits per heavy atom. The number of nitrogens with two attached hydrogens (primary N) is 1. The van der Waals surface area contributed by atoms with Crippen LogP contribution in [0.4, 0.5) is 0 Å². The molecule has 0 aliphatic heterocycles. The molecule has 0 unspecified atom stereocenters. The summed E-state index contributed by atoms with van der Waals surface area (Å²) in [7, 11) is 0. The number of hydrogen-bond donors (Lipinski definition) is 2. The van der Waals surface area contributed by atoms with Gasteiger partial charge in [-0.05, 0) is 23.8 Å². The molecule has 0 aliphatic rings. The SMILES string of the molecule is NNC(=O)c1cc(-c2ccc(Cl)cc2)nn1Cc1ccccc1. The van der Waals surface area contributed by atoms with E-state index < -0.39 is 0 Å². The minimum absolute atomic E-state index is 0.381. The molecule has 23 heavy (non-hydrogen) atoms. The third-order valence-electron chi connectivity index (χ3n) is 3.46. The van der Waals surface area contributed by atoms with E-state index in [9.17, 15) is 4.79 Å². The van der Waals surface area contributed by atoms with Crippen molar-refractivity contribution >= 4 is 17.5 Å². The molecule has 0 fully saturated rings. The van der Waals surface area contributed by atoms with Crippen LogP contribution < -0.4 is 11.3 Å². The van der Waals surface area contributed by atoms with E-state index in [2.05, 4.69) is 10.5 Å². The fourth-order valence-corrected chi connectivity index (χ4v) is 2.44. The first-order valence-electron chi connectivity index (χ1n) is 7.06. The summed E-state index contributed by atoms with van der Waals surface area (Å²) in [5.41, 5.74) is 5.18. The maximum Gasteiger partial charge on any atom is 0.283 e. The van der Waals surface area contributed by atoms with Gasteiger partial charge in [0.1, 0.15) is 5.69 Å². The summed E-state index contributed by atoms with van der Waals surface area (Å²) in [6, 6.07) is 18.8. The largest absolute Gasteiger partial charge is 0.289 e. The van der Waals surface area contributed by atoms with Crippen molar-refractivity contribution in [3.05, 3.63) is 76.9 Å². The van der Waals surface area contributed by atoms with Crippen LogP contribution in [0.25, 0.3) is 11.3 Å². The first-order chi connectivity index (χ1) is 11.2. The second-order valence-electron chi connectivity index (χ2n) is 5.04. The molecule has 0 atom stereocenters. The lowest BCUT2D eigenvalue weighted by Crippen LogP contribution is -2.32. The van der Waals surface area contributed by atoms with Gasteiger partial charge in [-0.1, -0.05) is 54.1 Å². The number of rotatable bonds is 4. The van der Waals surface area contributed by atoms with E-state index in [0.717, 1.165) is 11.1 Å². The predicted octanol–water partition coefficient (Wildman–Crippen LogP) is 2.86. The summed E-state index contributed by atoms with van der Waals surface area (Å²) in [6.45, 7) is 0.483. The average Bonchev–Trinajstić information content (AvgIpc) is 2.99. The van der Waals surface area contributed by atoms with Crippen molar-refractivity contribution in [2.45, 2.75) is 6.54 Å². The molecule has 0 saturated carbocycles. The highest BCUT2D eigenvalue weighted by Crippen LogP contribution is 2.22. The summed E-state index contributed by atoms with van der Waals surface area (Å²) in [5.74, 6) is 4.90. The smallest absolute Gasteiger partial charge is 0.283 e. The number of hydrazine groups is 1. The zero-order chi connectivity index (χ0) is 16.2. The highest BCUT2D eigenvalue weighted by Gasteiger charge is 2.15.